The molecule has 3 N–H and O–H groups in total. The van der Waals surface area contributed by atoms with Gasteiger partial charge in [0.25, 0.3) is 0 Å². The van der Waals surface area contributed by atoms with Crippen molar-refractivity contribution in [3.05, 3.63) is 58.1 Å². The maximum absolute atomic E-state index is 12.1. The van der Waals surface area contributed by atoms with Gasteiger partial charge in [-0.1, -0.05) is 12.1 Å². The standard InChI is InChI=1S/C14H12BrN3O2S/c15-13-7-10(8-16)4-5-14(13)18-21(19,20)9-11-2-1-3-12(17)6-11/h1-7,18H,9,17H2. The number of sulfonamides is 1. The molecule has 21 heavy (non-hydrogen) atoms. The quantitative estimate of drug-likeness (QED) is 0.814. The molecule has 0 fully saturated rings. The van der Waals surface area contributed by atoms with E-state index in [0.29, 0.717) is 27.0 Å². The van der Waals surface area contributed by atoms with Crippen LogP contribution in [0.1, 0.15) is 11.1 Å². The Balaban J connectivity index is 2.20. The zero-order valence-electron chi connectivity index (χ0n) is 10.9. The van der Waals surface area contributed by atoms with Crippen LogP contribution in [0.4, 0.5) is 11.4 Å². The lowest BCUT2D eigenvalue weighted by Crippen LogP contribution is -2.15. The van der Waals surface area contributed by atoms with Crippen molar-refractivity contribution in [1.82, 2.24) is 0 Å². The average Bonchev–Trinajstić information content (AvgIpc) is 2.40. The van der Waals surface area contributed by atoms with E-state index in [9.17, 15) is 8.42 Å². The Morgan fingerprint density at radius 3 is 2.62 bits per heavy atom. The highest BCUT2D eigenvalue weighted by atomic mass is 79.9. The van der Waals surface area contributed by atoms with Gasteiger partial charge < -0.3 is 5.73 Å². The van der Waals surface area contributed by atoms with Crippen LogP contribution < -0.4 is 10.5 Å². The van der Waals surface area contributed by atoms with Gasteiger partial charge in [-0.2, -0.15) is 5.26 Å². The van der Waals surface area contributed by atoms with Crippen molar-refractivity contribution >= 4 is 37.3 Å². The van der Waals surface area contributed by atoms with Crippen LogP contribution in [0.3, 0.4) is 0 Å². The van der Waals surface area contributed by atoms with Crippen molar-refractivity contribution in [1.29, 1.82) is 5.26 Å². The van der Waals surface area contributed by atoms with Crippen LogP contribution in [0.2, 0.25) is 0 Å². The Morgan fingerprint density at radius 2 is 2.00 bits per heavy atom. The third-order valence-electron chi connectivity index (χ3n) is 2.67. The van der Waals surface area contributed by atoms with Crippen LogP contribution in [0.5, 0.6) is 0 Å². The van der Waals surface area contributed by atoms with E-state index in [1.54, 1.807) is 42.5 Å². The number of nitriles is 1. The number of nitrogens with zero attached hydrogens (tertiary/aromatic N) is 1. The number of benzene rings is 2. The van der Waals surface area contributed by atoms with Crippen molar-refractivity contribution in [2.75, 3.05) is 10.5 Å². The molecule has 0 aliphatic rings. The van der Waals surface area contributed by atoms with Crippen LogP contribution in [-0.2, 0) is 15.8 Å². The third kappa shape index (κ3) is 4.21. The molecule has 0 bridgehead atoms. The largest absolute Gasteiger partial charge is 0.399 e. The van der Waals surface area contributed by atoms with Crippen LogP contribution in [0.15, 0.2) is 46.9 Å². The summed E-state index contributed by atoms with van der Waals surface area (Å²) in [5.41, 5.74) is 7.58. The monoisotopic (exact) mass is 365 g/mol. The first-order chi connectivity index (χ1) is 9.89. The summed E-state index contributed by atoms with van der Waals surface area (Å²) in [6.45, 7) is 0. The maximum Gasteiger partial charge on any atom is 0.236 e. The fourth-order valence-corrected chi connectivity index (χ4v) is 3.59. The Bertz CT molecular complexity index is 813. The number of nitrogens with two attached hydrogens (primary N) is 1. The number of hydrogen-bond acceptors (Lipinski definition) is 4. The van der Waals surface area contributed by atoms with Gasteiger partial charge in [-0.25, -0.2) is 8.42 Å². The number of halogens is 1. The minimum atomic E-state index is -3.56. The number of nitrogen functional groups attached to an aromatic ring is 1. The maximum atomic E-state index is 12.1. The summed E-state index contributed by atoms with van der Waals surface area (Å²) in [6.07, 6.45) is 0. The number of anilines is 2. The van der Waals surface area contributed by atoms with Gasteiger partial charge in [0.2, 0.25) is 10.0 Å². The van der Waals surface area contributed by atoms with Crippen molar-refractivity contribution in [3.8, 4) is 6.07 Å². The lowest BCUT2D eigenvalue weighted by Gasteiger charge is -2.10. The molecule has 0 amide bonds. The second-order valence-electron chi connectivity index (χ2n) is 4.41. The van der Waals surface area contributed by atoms with Crippen molar-refractivity contribution < 1.29 is 8.42 Å². The number of nitrogens with one attached hydrogen (secondary N) is 1. The van der Waals surface area contributed by atoms with Gasteiger partial charge in [-0.05, 0) is 51.8 Å². The third-order valence-corrected chi connectivity index (χ3v) is 4.57. The zero-order valence-corrected chi connectivity index (χ0v) is 13.3. The SMILES string of the molecule is N#Cc1ccc(NS(=O)(=O)Cc2cccc(N)c2)c(Br)c1. The Morgan fingerprint density at radius 1 is 1.24 bits per heavy atom. The summed E-state index contributed by atoms with van der Waals surface area (Å²) in [4.78, 5) is 0. The summed E-state index contributed by atoms with van der Waals surface area (Å²) >= 11 is 3.24. The van der Waals surface area contributed by atoms with Gasteiger partial charge in [-0.3, -0.25) is 4.72 Å². The van der Waals surface area contributed by atoms with Crippen LogP contribution >= 0.6 is 15.9 Å². The van der Waals surface area contributed by atoms with Crippen LogP contribution in [0.25, 0.3) is 0 Å². The Hall–Kier alpha value is -2.04. The first kappa shape index (κ1) is 15.4. The smallest absolute Gasteiger partial charge is 0.236 e. The van der Waals surface area contributed by atoms with E-state index in [-0.39, 0.29) is 5.75 Å². The van der Waals surface area contributed by atoms with E-state index in [2.05, 4.69) is 20.7 Å². The first-order valence-corrected chi connectivity index (χ1v) is 8.39. The molecule has 108 valence electrons. The fraction of sp³-hybridized carbons (Fsp3) is 0.0714. The molecule has 0 saturated heterocycles. The zero-order chi connectivity index (χ0) is 15.5. The molecule has 0 spiro atoms. The normalized spacial score (nSPS) is 10.9. The molecule has 7 heteroatoms. The predicted octanol–water partition coefficient (Wildman–Crippen LogP) is 2.84. The van der Waals surface area contributed by atoms with Gasteiger partial charge in [0.15, 0.2) is 0 Å². The minimum absolute atomic E-state index is 0.176. The van der Waals surface area contributed by atoms with Crippen molar-refractivity contribution in [3.63, 3.8) is 0 Å². The van der Waals surface area contributed by atoms with E-state index in [1.165, 1.54) is 0 Å². The van der Waals surface area contributed by atoms with E-state index < -0.39 is 10.0 Å². The van der Waals surface area contributed by atoms with E-state index in [4.69, 9.17) is 11.0 Å². The molecule has 0 unspecified atom stereocenters. The van der Waals surface area contributed by atoms with Gasteiger partial charge in [0.1, 0.15) is 0 Å². The van der Waals surface area contributed by atoms with E-state index in [1.807, 2.05) is 6.07 Å². The van der Waals surface area contributed by atoms with Gasteiger partial charge in [0.05, 0.1) is 23.1 Å². The molecule has 0 atom stereocenters. The fourth-order valence-electron chi connectivity index (χ4n) is 1.77. The summed E-state index contributed by atoms with van der Waals surface area (Å²) in [5, 5.41) is 8.79. The summed E-state index contributed by atoms with van der Waals surface area (Å²) in [6, 6.07) is 13.3. The van der Waals surface area contributed by atoms with Crippen molar-refractivity contribution in [2.24, 2.45) is 0 Å². The lowest BCUT2D eigenvalue weighted by molar-refractivity contribution is 0.600. The van der Waals surface area contributed by atoms with Gasteiger partial charge >= 0.3 is 0 Å². The Kier molecular flexibility index (Phi) is 4.50. The number of hydrogen-bond donors (Lipinski definition) is 2. The molecule has 0 aliphatic heterocycles. The van der Waals surface area contributed by atoms with Crippen LogP contribution in [-0.4, -0.2) is 8.42 Å². The van der Waals surface area contributed by atoms with Gasteiger partial charge in [-0.15, -0.1) is 0 Å². The van der Waals surface area contributed by atoms with E-state index in [0.717, 1.165) is 0 Å². The number of rotatable bonds is 4. The molecule has 5 nitrogen and oxygen atoms in total. The van der Waals surface area contributed by atoms with Gasteiger partial charge in [0, 0.05) is 10.2 Å². The highest BCUT2D eigenvalue weighted by Crippen LogP contribution is 2.25. The average molecular weight is 366 g/mol. The summed E-state index contributed by atoms with van der Waals surface area (Å²) in [7, 11) is -3.56. The highest BCUT2D eigenvalue weighted by Gasteiger charge is 2.14. The molecule has 2 rings (SSSR count). The molecule has 2 aromatic carbocycles. The summed E-state index contributed by atoms with van der Waals surface area (Å²) in [5.74, 6) is -0.176. The molecule has 0 aliphatic carbocycles. The predicted molar refractivity (Wildman–Crippen MR) is 86.0 cm³/mol. The first-order valence-electron chi connectivity index (χ1n) is 5.94. The summed E-state index contributed by atoms with van der Waals surface area (Å²) < 4.78 is 27.3. The molecule has 0 aromatic heterocycles. The molecular weight excluding hydrogens is 354 g/mol. The topological polar surface area (TPSA) is 96.0 Å². The van der Waals surface area contributed by atoms with Crippen molar-refractivity contribution in [2.45, 2.75) is 5.75 Å². The Labute approximate surface area is 131 Å². The minimum Gasteiger partial charge on any atom is -0.399 e. The second-order valence-corrected chi connectivity index (χ2v) is 6.99. The molecule has 2 aromatic rings. The lowest BCUT2D eigenvalue weighted by atomic mass is 10.2. The molecule has 0 saturated carbocycles. The molecule has 0 heterocycles. The van der Waals surface area contributed by atoms with E-state index >= 15 is 0 Å². The molecular formula is C14H12BrN3O2S. The molecule has 0 radical (unpaired) electrons. The highest BCUT2D eigenvalue weighted by molar-refractivity contribution is 9.10. The van der Waals surface area contributed by atoms with Crippen LogP contribution in [0, 0.1) is 11.3 Å². The second kappa shape index (κ2) is 6.16.